The second-order valence-electron chi connectivity index (χ2n) is 8.52. The average molecular weight is 444 g/mol. The minimum absolute atomic E-state index is 0.0110. The fourth-order valence-corrected chi connectivity index (χ4v) is 3.92. The van der Waals surface area contributed by atoms with Crippen LogP contribution in [0.1, 0.15) is 67.3 Å². The van der Waals surface area contributed by atoms with E-state index in [4.69, 9.17) is 14.0 Å². The lowest BCUT2D eigenvalue weighted by Crippen LogP contribution is -2.40. The maximum absolute atomic E-state index is 12.8. The first-order valence-corrected chi connectivity index (χ1v) is 11.1. The van der Waals surface area contributed by atoms with Gasteiger partial charge in [0, 0.05) is 43.8 Å². The highest BCUT2D eigenvalue weighted by molar-refractivity contribution is 5.91. The van der Waals surface area contributed by atoms with Crippen molar-refractivity contribution < 1.29 is 23.6 Å². The van der Waals surface area contributed by atoms with Gasteiger partial charge in [0.05, 0.1) is 19.9 Å². The van der Waals surface area contributed by atoms with E-state index in [0.29, 0.717) is 49.2 Å². The normalized spacial score (nSPS) is 16.2. The van der Waals surface area contributed by atoms with Crippen molar-refractivity contribution in [3.8, 4) is 11.5 Å². The van der Waals surface area contributed by atoms with E-state index in [1.165, 1.54) is 0 Å². The lowest BCUT2D eigenvalue weighted by atomic mass is 9.93. The number of piperidine rings is 1. The number of nitrogens with one attached hydrogen (secondary N) is 1. The van der Waals surface area contributed by atoms with Crippen LogP contribution in [0.3, 0.4) is 0 Å². The minimum Gasteiger partial charge on any atom is -0.497 e. The van der Waals surface area contributed by atoms with Gasteiger partial charge in [-0.05, 0) is 43.2 Å². The molecule has 0 spiro atoms. The third kappa shape index (κ3) is 6.02. The van der Waals surface area contributed by atoms with Crippen LogP contribution in [0.4, 0.5) is 0 Å². The van der Waals surface area contributed by atoms with Crippen molar-refractivity contribution in [2.45, 2.75) is 52.0 Å². The Labute approximate surface area is 189 Å². The number of hydrogen-bond acceptors (Lipinski definition) is 6. The molecule has 174 valence electrons. The van der Waals surface area contributed by atoms with Crippen molar-refractivity contribution in [1.29, 1.82) is 0 Å². The van der Waals surface area contributed by atoms with E-state index in [9.17, 15) is 9.59 Å². The number of aromatic nitrogens is 1. The van der Waals surface area contributed by atoms with Crippen LogP contribution in [0, 0.1) is 5.92 Å². The number of hydrogen-bond donors (Lipinski definition) is 1. The van der Waals surface area contributed by atoms with Crippen molar-refractivity contribution in [3.63, 3.8) is 0 Å². The molecule has 3 rings (SSSR count). The Bertz CT molecular complexity index is 924. The minimum atomic E-state index is -0.120. The van der Waals surface area contributed by atoms with Gasteiger partial charge >= 0.3 is 0 Å². The highest BCUT2D eigenvalue weighted by Crippen LogP contribution is 2.25. The molecular weight excluding hydrogens is 410 g/mol. The summed E-state index contributed by atoms with van der Waals surface area (Å²) in [5.41, 5.74) is 1.68. The Hall–Kier alpha value is -3.03. The molecular formula is C24H33N3O5. The quantitative estimate of drug-likeness (QED) is 0.634. The fourth-order valence-electron chi connectivity index (χ4n) is 3.92. The zero-order chi connectivity index (χ0) is 23.1. The molecule has 8 nitrogen and oxygen atoms in total. The second-order valence-corrected chi connectivity index (χ2v) is 8.52. The molecule has 0 radical (unpaired) electrons. The summed E-state index contributed by atoms with van der Waals surface area (Å²) in [5.74, 6) is 2.05. The molecule has 0 saturated carbocycles. The van der Waals surface area contributed by atoms with E-state index in [-0.39, 0.29) is 17.7 Å². The van der Waals surface area contributed by atoms with Crippen LogP contribution in [0.5, 0.6) is 11.5 Å². The zero-order valence-corrected chi connectivity index (χ0v) is 19.3. The largest absolute Gasteiger partial charge is 0.497 e. The maximum atomic E-state index is 12.8. The summed E-state index contributed by atoms with van der Waals surface area (Å²) >= 11 is 0. The van der Waals surface area contributed by atoms with Gasteiger partial charge in [0.25, 0.3) is 5.91 Å². The smallest absolute Gasteiger partial charge is 0.292 e. The molecule has 1 aliphatic rings. The Kier molecular flexibility index (Phi) is 8.14. The predicted octanol–water partition coefficient (Wildman–Crippen LogP) is 3.76. The van der Waals surface area contributed by atoms with E-state index in [0.717, 1.165) is 30.5 Å². The SMILES string of the molecule is COc1ccc(CNC(=O)CC[C@H]2CCCN(C(=O)c3cc(C(C)C)no3)C2)c(OC)c1. The van der Waals surface area contributed by atoms with Crippen molar-refractivity contribution in [3.05, 3.63) is 41.3 Å². The van der Waals surface area contributed by atoms with Gasteiger partial charge in [-0.15, -0.1) is 0 Å². The Balaban J connectivity index is 1.47. The van der Waals surface area contributed by atoms with E-state index < -0.39 is 0 Å². The third-order valence-electron chi connectivity index (χ3n) is 5.89. The molecule has 1 fully saturated rings. The Morgan fingerprint density at radius 2 is 2.06 bits per heavy atom. The molecule has 0 aliphatic carbocycles. The van der Waals surface area contributed by atoms with Crippen LogP contribution in [0.15, 0.2) is 28.8 Å². The maximum Gasteiger partial charge on any atom is 0.292 e. The Morgan fingerprint density at radius 3 is 2.75 bits per heavy atom. The second kappa shape index (κ2) is 11.0. The van der Waals surface area contributed by atoms with Crippen molar-refractivity contribution in [2.75, 3.05) is 27.3 Å². The molecule has 0 unspecified atom stereocenters. The van der Waals surface area contributed by atoms with Gasteiger partial charge < -0.3 is 24.2 Å². The molecule has 1 aromatic carbocycles. The first-order chi connectivity index (χ1) is 15.4. The summed E-state index contributed by atoms with van der Waals surface area (Å²) in [7, 11) is 3.20. The number of carbonyl (C=O) groups excluding carboxylic acids is 2. The third-order valence-corrected chi connectivity index (χ3v) is 5.89. The van der Waals surface area contributed by atoms with Crippen LogP contribution in [-0.4, -0.2) is 49.2 Å². The molecule has 2 amide bonds. The summed E-state index contributed by atoms with van der Waals surface area (Å²) < 4.78 is 15.8. The van der Waals surface area contributed by atoms with Gasteiger partial charge in [0.2, 0.25) is 11.7 Å². The van der Waals surface area contributed by atoms with Crippen LogP contribution in [-0.2, 0) is 11.3 Å². The predicted molar refractivity (Wildman–Crippen MR) is 120 cm³/mol. The van der Waals surface area contributed by atoms with E-state index in [2.05, 4.69) is 10.5 Å². The van der Waals surface area contributed by atoms with Crippen molar-refractivity contribution in [2.24, 2.45) is 5.92 Å². The standard InChI is InChI=1S/C24H33N3O5/c1-16(2)20-13-22(32-26-20)24(29)27-11-5-6-17(15-27)7-10-23(28)25-14-18-8-9-19(30-3)12-21(18)31-4/h8-9,12-13,16-17H,5-7,10-11,14-15H2,1-4H3,(H,25,28)/t17-/m1/s1. The number of likely N-dealkylation sites (tertiary alicyclic amines) is 1. The summed E-state index contributed by atoms with van der Waals surface area (Å²) in [5, 5.41) is 6.95. The molecule has 2 aromatic rings. The van der Waals surface area contributed by atoms with E-state index in [1.54, 1.807) is 26.4 Å². The van der Waals surface area contributed by atoms with E-state index in [1.807, 2.05) is 30.9 Å². The van der Waals surface area contributed by atoms with Gasteiger partial charge in [-0.1, -0.05) is 19.0 Å². The highest BCUT2D eigenvalue weighted by Gasteiger charge is 2.27. The van der Waals surface area contributed by atoms with Gasteiger partial charge in [-0.3, -0.25) is 9.59 Å². The number of carbonyl (C=O) groups is 2. The van der Waals surface area contributed by atoms with Crippen molar-refractivity contribution >= 4 is 11.8 Å². The number of rotatable bonds is 9. The molecule has 1 saturated heterocycles. The Morgan fingerprint density at radius 1 is 1.25 bits per heavy atom. The van der Waals surface area contributed by atoms with Crippen LogP contribution < -0.4 is 14.8 Å². The first-order valence-electron chi connectivity index (χ1n) is 11.1. The summed E-state index contributed by atoms with van der Waals surface area (Å²) in [6.07, 6.45) is 3.09. The molecule has 1 aliphatic heterocycles. The first kappa shape index (κ1) is 23.6. The van der Waals surface area contributed by atoms with Gasteiger partial charge in [0.15, 0.2) is 0 Å². The molecule has 1 atom stereocenters. The van der Waals surface area contributed by atoms with Crippen molar-refractivity contribution in [1.82, 2.24) is 15.4 Å². The number of nitrogens with zero attached hydrogens (tertiary/aromatic N) is 2. The van der Waals surface area contributed by atoms with Gasteiger partial charge in [-0.2, -0.15) is 0 Å². The molecule has 1 N–H and O–H groups in total. The number of amides is 2. The lowest BCUT2D eigenvalue weighted by molar-refractivity contribution is -0.121. The summed E-state index contributed by atoms with van der Waals surface area (Å²) in [6, 6.07) is 7.26. The van der Waals surface area contributed by atoms with Crippen LogP contribution in [0.2, 0.25) is 0 Å². The molecule has 1 aromatic heterocycles. The zero-order valence-electron chi connectivity index (χ0n) is 19.3. The molecule has 32 heavy (non-hydrogen) atoms. The van der Waals surface area contributed by atoms with Gasteiger partial charge in [0.1, 0.15) is 11.5 Å². The molecule has 0 bridgehead atoms. The van der Waals surface area contributed by atoms with Crippen LogP contribution in [0.25, 0.3) is 0 Å². The summed E-state index contributed by atoms with van der Waals surface area (Å²) in [4.78, 5) is 27.0. The monoisotopic (exact) mass is 443 g/mol. The van der Waals surface area contributed by atoms with E-state index >= 15 is 0 Å². The average Bonchev–Trinajstić information content (AvgIpc) is 3.31. The number of ether oxygens (including phenoxy) is 2. The topological polar surface area (TPSA) is 93.9 Å². The molecule has 2 heterocycles. The number of methoxy groups -OCH3 is 2. The lowest BCUT2D eigenvalue weighted by Gasteiger charge is -2.32. The van der Waals surface area contributed by atoms with Gasteiger partial charge in [-0.25, -0.2) is 0 Å². The number of benzene rings is 1. The van der Waals surface area contributed by atoms with Crippen LogP contribution >= 0.6 is 0 Å². The fraction of sp³-hybridized carbons (Fsp3) is 0.542. The highest BCUT2D eigenvalue weighted by atomic mass is 16.5. The summed E-state index contributed by atoms with van der Waals surface area (Å²) in [6.45, 7) is 5.76. The molecule has 8 heteroatoms.